The van der Waals surface area contributed by atoms with Crippen LogP contribution in [-0.4, -0.2) is 93.1 Å². The number of rotatable bonds is 13. The van der Waals surface area contributed by atoms with Crippen LogP contribution < -0.4 is 0 Å². The fraction of sp³-hybridized carbons (Fsp3) is 0.767. The van der Waals surface area contributed by atoms with Crippen molar-refractivity contribution in [2.24, 2.45) is 23.7 Å². The molecule has 2 bridgehead atoms. The normalized spacial score (nSPS) is 32.6. The van der Waals surface area contributed by atoms with Gasteiger partial charge in [-0.15, -0.1) is 13.2 Å². The highest BCUT2D eigenvalue weighted by molar-refractivity contribution is 5.99. The van der Waals surface area contributed by atoms with Crippen molar-refractivity contribution < 1.29 is 24.2 Å². The minimum absolute atomic E-state index is 0.0347. The topological polar surface area (TPSA) is 90.4 Å². The summed E-state index contributed by atoms with van der Waals surface area (Å²) in [6.07, 6.45) is 5.22. The van der Waals surface area contributed by atoms with Gasteiger partial charge in [-0.05, 0) is 51.9 Å². The van der Waals surface area contributed by atoms with E-state index in [0.29, 0.717) is 32.5 Å². The third-order valence-electron chi connectivity index (χ3n) is 8.99. The van der Waals surface area contributed by atoms with Crippen LogP contribution in [0.1, 0.15) is 67.7 Å². The average Bonchev–Trinajstić information content (AvgIpc) is 3.36. The van der Waals surface area contributed by atoms with Crippen molar-refractivity contribution in [3.05, 3.63) is 25.3 Å². The number of carbonyl (C=O) groups is 3. The molecular formula is C30H49N3O5. The monoisotopic (exact) mass is 531 g/mol. The Morgan fingerprint density at radius 1 is 1.18 bits per heavy atom. The summed E-state index contributed by atoms with van der Waals surface area (Å²) in [5.74, 6) is -1.92. The highest BCUT2D eigenvalue weighted by Crippen LogP contribution is 2.66. The number of ether oxygens (including phenoxy) is 1. The molecule has 8 nitrogen and oxygen atoms in total. The van der Waals surface area contributed by atoms with Crippen LogP contribution in [0.25, 0.3) is 0 Å². The maximum atomic E-state index is 14.5. The first-order chi connectivity index (χ1) is 17.9. The van der Waals surface area contributed by atoms with Crippen LogP contribution in [-0.2, 0) is 19.1 Å². The Morgan fingerprint density at radius 3 is 2.32 bits per heavy atom. The highest BCUT2D eigenvalue weighted by atomic mass is 16.5. The van der Waals surface area contributed by atoms with Gasteiger partial charge in [0, 0.05) is 25.7 Å². The summed E-state index contributed by atoms with van der Waals surface area (Å²) in [5, 5.41) is 10.5. The summed E-state index contributed by atoms with van der Waals surface area (Å²) in [5.41, 5.74) is -2.00. The van der Waals surface area contributed by atoms with Crippen LogP contribution in [0.3, 0.4) is 0 Å². The Kier molecular flexibility index (Phi) is 9.19. The molecule has 0 aromatic rings. The summed E-state index contributed by atoms with van der Waals surface area (Å²) in [4.78, 5) is 48.1. The van der Waals surface area contributed by atoms with E-state index in [1.54, 1.807) is 26.9 Å². The van der Waals surface area contributed by atoms with Crippen molar-refractivity contribution in [3.63, 3.8) is 0 Å². The van der Waals surface area contributed by atoms with Gasteiger partial charge in [0.15, 0.2) is 0 Å². The lowest BCUT2D eigenvalue weighted by Crippen LogP contribution is -2.60. The minimum Gasteiger partial charge on any atom is -0.394 e. The number of amides is 3. The lowest BCUT2D eigenvalue weighted by Gasteiger charge is -2.41. The van der Waals surface area contributed by atoms with E-state index in [0.717, 1.165) is 6.42 Å². The summed E-state index contributed by atoms with van der Waals surface area (Å²) in [7, 11) is 0. The Morgan fingerprint density at radius 2 is 1.82 bits per heavy atom. The zero-order valence-corrected chi connectivity index (χ0v) is 24.5. The molecule has 7 atom stereocenters. The van der Waals surface area contributed by atoms with Crippen LogP contribution in [0.4, 0.5) is 0 Å². The molecule has 3 saturated heterocycles. The summed E-state index contributed by atoms with van der Waals surface area (Å²) in [6, 6.07) is -1.59. The molecule has 1 N–H and O–H groups in total. The van der Waals surface area contributed by atoms with Gasteiger partial charge in [0.05, 0.1) is 30.1 Å². The number of carbonyl (C=O) groups excluding carboxylic acids is 3. The lowest BCUT2D eigenvalue weighted by molar-refractivity contribution is -0.158. The first-order valence-corrected chi connectivity index (χ1v) is 14.3. The first-order valence-electron chi connectivity index (χ1n) is 14.3. The summed E-state index contributed by atoms with van der Waals surface area (Å²) >= 11 is 0. The van der Waals surface area contributed by atoms with Crippen molar-refractivity contribution >= 4 is 17.7 Å². The first kappa shape index (κ1) is 30.4. The Hall–Kier alpha value is -2.19. The van der Waals surface area contributed by atoms with E-state index < -0.39 is 35.1 Å². The number of hydrogen-bond acceptors (Lipinski definition) is 5. The molecule has 214 valence electrons. The standard InChI is InChI=1S/C30H49N3O5/c1-10-13-31(14-11-2)26(35)23-24-27(36)33(22(18-34)16-19(4)5)25(28(37)32(15-12-3)20(6)7)30(24)17-21(8)29(23,9)38-30/h10,12,19-25,34H,1,3,11,13-18H2,2,4-9H3/t21?,22-,23+,24+,25?,29-,30?/m1/s1. The van der Waals surface area contributed by atoms with Crippen LogP contribution >= 0.6 is 0 Å². The molecule has 0 saturated carbocycles. The zero-order chi connectivity index (χ0) is 28.6. The maximum absolute atomic E-state index is 14.5. The second-order valence-electron chi connectivity index (χ2n) is 12.4. The molecule has 0 radical (unpaired) electrons. The second kappa shape index (κ2) is 11.5. The van der Waals surface area contributed by atoms with E-state index >= 15 is 0 Å². The Bertz CT molecular complexity index is 935. The second-order valence-corrected chi connectivity index (χ2v) is 12.4. The van der Waals surface area contributed by atoms with Gasteiger partial charge in [-0.1, -0.05) is 39.8 Å². The maximum Gasteiger partial charge on any atom is 0.248 e. The van der Waals surface area contributed by atoms with E-state index in [1.807, 2.05) is 41.5 Å². The fourth-order valence-electron chi connectivity index (χ4n) is 7.31. The summed E-state index contributed by atoms with van der Waals surface area (Å²) < 4.78 is 6.88. The molecule has 3 aliphatic rings. The number of likely N-dealkylation sites (tertiary alicyclic amines) is 1. The average molecular weight is 532 g/mol. The molecule has 38 heavy (non-hydrogen) atoms. The molecular weight excluding hydrogens is 482 g/mol. The van der Waals surface area contributed by atoms with Crippen LogP contribution in [0.15, 0.2) is 25.3 Å². The number of aliphatic hydroxyl groups is 1. The molecule has 8 heteroatoms. The quantitative estimate of drug-likeness (QED) is 0.369. The molecule has 0 aromatic heterocycles. The molecule has 3 amide bonds. The van der Waals surface area contributed by atoms with E-state index in [4.69, 9.17) is 4.74 Å². The minimum atomic E-state index is -1.13. The predicted octanol–water partition coefficient (Wildman–Crippen LogP) is 3.25. The summed E-state index contributed by atoms with van der Waals surface area (Å²) in [6.45, 7) is 22.6. The van der Waals surface area contributed by atoms with E-state index in [9.17, 15) is 19.5 Å². The molecule has 3 rings (SSSR count). The third-order valence-corrected chi connectivity index (χ3v) is 8.99. The highest BCUT2D eigenvalue weighted by Gasteiger charge is 2.80. The van der Waals surface area contributed by atoms with Crippen LogP contribution in [0.2, 0.25) is 0 Å². The van der Waals surface area contributed by atoms with E-state index in [2.05, 4.69) is 20.1 Å². The zero-order valence-electron chi connectivity index (χ0n) is 24.5. The molecule has 3 fully saturated rings. The van der Waals surface area contributed by atoms with Gasteiger partial charge in [-0.25, -0.2) is 0 Å². The van der Waals surface area contributed by atoms with Crippen molar-refractivity contribution in [2.75, 3.05) is 26.2 Å². The fourth-order valence-corrected chi connectivity index (χ4v) is 7.31. The van der Waals surface area contributed by atoms with Crippen LogP contribution in [0.5, 0.6) is 0 Å². The van der Waals surface area contributed by atoms with E-state index in [1.165, 1.54) is 0 Å². The molecule has 0 aliphatic carbocycles. The predicted molar refractivity (Wildman–Crippen MR) is 148 cm³/mol. The van der Waals surface area contributed by atoms with Gasteiger partial charge < -0.3 is 24.5 Å². The van der Waals surface area contributed by atoms with Crippen molar-refractivity contribution in [1.82, 2.24) is 14.7 Å². The number of fused-ring (bicyclic) bond motifs is 1. The van der Waals surface area contributed by atoms with Gasteiger partial charge in [0.1, 0.15) is 11.6 Å². The van der Waals surface area contributed by atoms with Gasteiger partial charge in [-0.2, -0.15) is 0 Å². The third kappa shape index (κ3) is 4.72. The number of hydrogen-bond donors (Lipinski definition) is 1. The SMILES string of the molecule is C=CCN(CCC)C(=O)[C@@H]1[C@H]2C(=O)N([C@@H](CO)CC(C)C)C(C(=O)N(CC=C)C(C)C)C23CC(C)[C@@]1(C)O3. The molecule has 0 aromatic carbocycles. The smallest absolute Gasteiger partial charge is 0.248 e. The number of nitrogens with zero attached hydrogens (tertiary/aromatic N) is 3. The largest absolute Gasteiger partial charge is 0.394 e. The lowest BCUT2D eigenvalue weighted by atomic mass is 9.62. The van der Waals surface area contributed by atoms with Crippen LogP contribution in [0, 0.1) is 23.7 Å². The van der Waals surface area contributed by atoms with Crippen molar-refractivity contribution in [2.45, 2.75) is 97.1 Å². The van der Waals surface area contributed by atoms with Gasteiger partial charge in [0.2, 0.25) is 17.7 Å². The number of aliphatic hydroxyl groups excluding tert-OH is 1. The molecule has 3 aliphatic heterocycles. The Balaban J connectivity index is 2.20. The molecule has 3 unspecified atom stereocenters. The van der Waals surface area contributed by atoms with Gasteiger partial charge in [0.25, 0.3) is 0 Å². The molecule has 3 heterocycles. The Labute approximate surface area is 229 Å². The van der Waals surface area contributed by atoms with Gasteiger partial charge in [-0.3, -0.25) is 14.4 Å². The molecule has 1 spiro atoms. The van der Waals surface area contributed by atoms with Gasteiger partial charge >= 0.3 is 0 Å². The van der Waals surface area contributed by atoms with Crippen molar-refractivity contribution in [3.8, 4) is 0 Å². The van der Waals surface area contributed by atoms with Crippen molar-refractivity contribution in [1.29, 1.82) is 0 Å². The van der Waals surface area contributed by atoms with E-state index in [-0.39, 0.29) is 42.2 Å².